The highest BCUT2D eigenvalue weighted by Crippen LogP contribution is 2.11. The number of nitrogens with two attached hydrogens (primary N) is 1. The van der Waals surface area contributed by atoms with Gasteiger partial charge < -0.3 is 10.6 Å². The lowest BCUT2D eigenvalue weighted by Gasteiger charge is -2.23. The molecule has 0 bridgehead atoms. The van der Waals surface area contributed by atoms with E-state index in [1.807, 2.05) is 16.7 Å². The summed E-state index contributed by atoms with van der Waals surface area (Å²) in [6.45, 7) is 3.83. The zero-order valence-corrected chi connectivity index (χ0v) is 9.68. The molecule has 1 atom stereocenters. The second-order valence-electron chi connectivity index (χ2n) is 3.69. The smallest absolute Gasteiger partial charge is 0.239 e. The highest BCUT2D eigenvalue weighted by atomic mass is 32.2. The number of hydrogen-bond acceptors (Lipinski definition) is 3. The van der Waals surface area contributed by atoms with Crippen LogP contribution in [0.25, 0.3) is 0 Å². The molecule has 1 rings (SSSR count). The van der Waals surface area contributed by atoms with Crippen molar-refractivity contribution in [1.29, 1.82) is 0 Å². The van der Waals surface area contributed by atoms with Crippen LogP contribution in [-0.2, 0) is 4.79 Å². The minimum Gasteiger partial charge on any atom is -0.340 e. The third kappa shape index (κ3) is 3.50. The number of thioether (sulfide) groups is 1. The van der Waals surface area contributed by atoms with E-state index in [0.29, 0.717) is 0 Å². The van der Waals surface area contributed by atoms with Gasteiger partial charge in [-0.05, 0) is 18.6 Å². The van der Waals surface area contributed by atoms with Crippen molar-refractivity contribution in [3.8, 4) is 0 Å². The first-order valence-corrected chi connectivity index (χ1v) is 6.53. The normalized spacial score (nSPS) is 20.3. The summed E-state index contributed by atoms with van der Waals surface area (Å²) in [5, 5.41) is 0. The van der Waals surface area contributed by atoms with Crippen molar-refractivity contribution < 1.29 is 4.79 Å². The van der Waals surface area contributed by atoms with Gasteiger partial charge in [0.25, 0.3) is 0 Å². The van der Waals surface area contributed by atoms with Gasteiger partial charge in [0, 0.05) is 18.8 Å². The monoisotopic (exact) mass is 216 g/mol. The molecule has 1 fully saturated rings. The summed E-state index contributed by atoms with van der Waals surface area (Å²) in [6, 6.07) is -0.275. The molecule has 0 aromatic rings. The molecule has 3 nitrogen and oxygen atoms in total. The van der Waals surface area contributed by atoms with Crippen LogP contribution in [0.3, 0.4) is 0 Å². The lowest BCUT2D eigenvalue weighted by molar-refractivity contribution is -0.132. The Hall–Kier alpha value is -0.220. The maximum absolute atomic E-state index is 11.8. The quantitative estimate of drug-likeness (QED) is 0.768. The lowest BCUT2D eigenvalue weighted by Crippen LogP contribution is -2.44. The van der Waals surface area contributed by atoms with E-state index in [4.69, 9.17) is 5.73 Å². The summed E-state index contributed by atoms with van der Waals surface area (Å²) < 4.78 is 0. The van der Waals surface area contributed by atoms with Crippen LogP contribution in [0.5, 0.6) is 0 Å². The SMILES string of the molecule is CCCC(N)C(=O)N1CCCSCC1. The average molecular weight is 216 g/mol. The lowest BCUT2D eigenvalue weighted by atomic mass is 10.1. The molecule has 0 aromatic heterocycles. The molecular weight excluding hydrogens is 196 g/mol. The fourth-order valence-electron chi connectivity index (χ4n) is 1.64. The predicted octanol–water partition coefficient (Wildman–Crippen LogP) is 1.08. The number of rotatable bonds is 3. The summed E-state index contributed by atoms with van der Waals surface area (Å²) in [5.74, 6) is 2.38. The molecule has 1 heterocycles. The maximum Gasteiger partial charge on any atom is 0.239 e. The van der Waals surface area contributed by atoms with Crippen LogP contribution in [-0.4, -0.2) is 41.4 Å². The molecule has 0 saturated carbocycles. The molecule has 0 spiro atoms. The number of carbonyl (C=O) groups excluding carboxylic acids is 1. The molecule has 1 aliphatic heterocycles. The number of carbonyl (C=O) groups is 1. The van der Waals surface area contributed by atoms with E-state index in [9.17, 15) is 4.79 Å². The van der Waals surface area contributed by atoms with E-state index in [-0.39, 0.29) is 11.9 Å². The van der Waals surface area contributed by atoms with Gasteiger partial charge in [-0.25, -0.2) is 0 Å². The Labute approximate surface area is 90.4 Å². The first kappa shape index (κ1) is 11.9. The Morgan fingerprint density at radius 2 is 2.29 bits per heavy atom. The van der Waals surface area contributed by atoms with Gasteiger partial charge in [0.2, 0.25) is 5.91 Å². The third-order valence-electron chi connectivity index (χ3n) is 2.45. The number of nitrogens with zero attached hydrogens (tertiary/aromatic N) is 1. The fourth-order valence-corrected chi connectivity index (χ4v) is 2.52. The van der Waals surface area contributed by atoms with E-state index in [1.165, 1.54) is 5.75 Å². The van der Waals surface area contributed by atoms with Gasteiger partial charge in [-0.15, -0.1) is 0 Å². The van der Waals surface area contributed by atoms with Gasteiger partial charge in [-0.1, -0.05) is 13.3 Å². The molecule has 0 radical (unpaired) electrons. The standard InChI is InChI=1S/C10H20N2OS/c1-2-4-9(11)10(13)12-5-3-7-14-8-6-12/h9H,2-8,11H2,1H3. The van der Waals surface area contributed by atoms with E-state index in [2.05, 4.69) is 6.92 Å². The van der Waals surface area contributed by atoms with Gasteiger partial charge in [-0.3, -0.25) is 4.79 Å². The molecule has 1 aliphatic rings. The van der Waals surface area contributed by atoms with Crippen molar-refractivity contribution in [3.63, 3.8) is 0 Å². The summed E-state index contributed by atoms with van der Waals surface area (Å²) in [4.78, 5) is 13.8. The molecule has 1 amide bonds. The van der Waals surface area contributed by atoms with Crippen molar-refractivity contribution in [2.45, 2.75) is 32.2 Å². The Morgan fingerprint density at radius 3 is 3.00 bits per heavy atom. The fraction of sp³-hybridized carbons (Fsp3) is 0.900. The Balaban J connectivity index is 2.40. The minimum atomic E-state index is -0.275. The molecule has 14 heavy (non-hydrogen) atoms. The van der Waals surface area contributed by atoms with Crippen molar-refractivity contribution >= 4 is 17.7 Å². The summed E-state index contributed by atoms with van der Waals surface area (Å²) >= 11 is 1.93. The zero-order chi connectivity index (χ0) is 10.4. The van der Waals surface area contributed by atoms with Crippen LogP contribution >= 0.6 is 11.8 Å². The largest absolute Gasteiger partial charge is 0.340 e. The highest BCUT2D eigenvalue weighted by Gasteiger charge is 2.20. The second kappa shape index (κ2) is 6.30. The van der Waals surface area contributed by atoms with E-state index in [0.717, 1.165) is 38.1 Å². The molecule has 82 valence electrons. The molecule has 1 unspecified atom stereocenters. The van der Waals surface area contributed by atoms with Crippen molar-refractivity contribution in [2.75, 3.05) is 24.6 Å². The minimum absolute atomic E-state index is 0.148. The van der Waals surface area contributed by atoms with Crippen LogP contribution in [0.4, 0.5) is 0 Å². The van der Waals surface area contributed by atoms with Gasteiger partial charge in [0.05, 0.1) is 6.04 Å². The molecular formula is C10H20N2OS. The average Bonchev–Trinajstić information content (AvgIpc) is 2.45. The van der Waals surface area contributed by atoms with Crippen LogP contribution in [0.1, 0.15) is 26.2 Å². The van der Waals surface area contributed by atoms with Crippen molar-refractivity contribution in [2.24, 2.45) is 5.73 Å². The van der Waals surface area contributed by atoms with Crippen molar-refractivity contribution in [1.82, 2.24) is 4.90 Å². The summed E-state index contributed by atoms with van der Waals surface area (Å²) in [7, 11) is 0. The van der Waals surface area contributed by atoms with Crippen LogP contribution in [0, 0.1) is 0 Å². The first-order chi connectivity index (χ1) is 6.75. The van der Waals surface area contributed by atoms with E-state index < -0.39 is 0 Å². The molecule has 1 saturated heterocycles. The van der Waals surface area contributed by atoms with Crippen LogP contribution in [0.2, 0.25) is 0 Å². The van der Waals surface area contributed by atoms with E-state index >= 15 is 0 Å². The Bertz CT molecular complexity index is 179. The highest BCUT2D eigenvalue weighted by molar-refractivity contribution is 7.99. The second-order valence-corrected chi connectivity index (χ2v) is 4.91. The molecule has 4 heteroatoms. The first-order valence-electron chi connectivity index (χ1n) is 5.37. The topological polar surface area (TPSA) is 46.3 Å². The number of amides is 1. The third-order valence-corrected chi connectivity index (χ3v) is 3.50. The van der Waals surface area contributed by atoms with E-state index in [1.54, 1.807) is 0 Å². The van der Waals surface area contributed by atoms with Gasteiger partial charge >= 0.3 is 0 Å². The number of hydrogen-bond donors (Lipinski definition) is 1. The Morgan fingerprint density at radius 1 is 1.50 bits per heavy atom. The van der Waals surface area contributed by atoms with Crippen molar-refractivity contribution in [3.05, 3.63) is 0 Å². The zero-order valence-electron chi connectivity index (χ0n) is 8.87. The summed E-state index contributed by atoms with van der Waals surface area (Å²) in [6.07, 6.45) is 2.90. The van der Waals surface area contributed by atoms with Gasteiger partial charge in [0.1, 0.15) is 0 Å². The van der Waals surface area contributed by atoms with Crippen LogP contribution in [0.15, 0.2) is 0 Å². The van der Waals surface area contributed by atoms with Gasteiger partial charge in [0.15, 0.2) is 0 Å². The molecule has 0 aromatic carbocycles. The maximum atomic E-state index is 11.8. The molecule has 2 N–H and O–H groups in total. The summed E-state index contributed by atoms with van der Waals surface area (Å²) in [5.41, 5.74) is 5.81. The van der Waals surface area contributed by atoms with Gasteiger partial charge in [-0.2, -0.15) is 11.8 Å². The van der Waals surface area contributed by atoms with Crippen LogP contribution < -0.4 is 5.73 Å². The predicted molar refractivity (Wildman–Crippen MR) is 61.4 cm³/mol. The Kier molecular flexibility index (Phi) is 5.33. The molecule has 0 aliphatic carbocycles.